The van der Waals surface area contributed by atoms with Gasteiger partial charge in [0.05, 0.1) is 10.4 Å². The van der Waals surface area contributed by atoms with Gasteiger partial charge in [-0.25, -0.2) is 0 Å². The number of piperazine rings is 1. The van der Waals surface area contributed by atoms with Crippen LogP contribution in [-0.4, -0.2) is 59.9 Å². The third-order valence-electron chi connectivity index (χ3n) is 3.74. The van der Waals surface area contributed by atoms with Gasteiger partial charge < -0.3 is 15.1 Å². The average Bonchev–Trinajstić information content (AvgIpc) is 3.00. The van der Waals surface area contributed by atoms with Crippen LogP contribution in [0, 0.1) is 0 Å². The van der Waals surface area contributed by atoms with Crippen molar-refractivity contribution < 1.29 is 9.59 Å². The Morgan fingerprint density at radius 3 is 2.38 bits per heavy atom. The summed E-state index contributed by atoms with van der Waals surface area (Å²) in [6.07, 6.45) is 0. The molecule has 1 fully saturated rings. The first-order valence-corrected chi connectivity index (χ1v) is 8.21. The molecule has 0 radical (unpaired) electrons. The van der Waals surface area contributed by atoms with E-state index in [-0.39, 0.29) is 11.8 Å². The summed E-state index contributed by atoms with van der Waals surface area (Å²) in [5, 5.41) is 5.11. The van der Waals surface area contributed by atoms with Gasteiger partial charge in [0.1, 0.15) is 0 Å². The second-order valence-corrected chi connectivity index (χ2v) is 6.66. The molecule has 6 heteroatoms. The highest BCUT2D eigenvalue weighted by Gasteiger charge is 2.33. The van der Waals surface area contributed by atoms with Crippen molar-refractivity contribution in [1.82, 2.24) is 15.1 Å². The molecule has 0 atom stereocenters. The minimum Gasteiger partial charge on any atom is -0.338 e. The highest BCUT2D eigenvalue weighted by Crippen LogP contribution is 2.15. The van der Waals surface area contributed by atoms with E-state index in [0.717, 1.165) is 11.4 Å². The molecule has 0 saturated carbocycles. The summed E-state index contributed by atoms with van der Waals surface area (Å²) in [7, 11) is 0. The molecule has 1 aliphatic rings. The van der Waals surface area contributed by atoms with Gasteiger partial charge >= 0.3 is 0 Å². The molecule has 1 saturated heterocycles. The van der Waals surface area contributed by atoms with Gasteiger partial charge in [0.2, 0.25) is 5.91 Å². The molecule has 0 aliphatic carbocycles. The van der Waals surface area contributed by atoms with Crippen LogP contribution in [0.2, 0.25) is 0 Å². The molecule has 21 heavy (non-hydrogen) atoms. The molecule has 116 valence electrons. The van der Waals surface area contributed by atoms with Crippen molar-refractivity contribution in [2.75, 3.05) is 32.7 Å². The van der Waals surface area contributed by atoms with E-state index in [2.05, 4.69) is 5.32 Å². The van der Waals surface area contributed by atoms with Gasteiger partial charge in [-0.3, -0.25) is 9.59 Å². The smallest absolute Gasteiger partial charge is 0.264 e. The average molecular weight is 309 g/mol. The summed E-state index contributed by atoms with van der Waals surface area (Å²) in [5.41, 5.74) is -0.547. The van der Waals surface area contributed by atoms with Crippen molar-refractivity contribution in [3.63, 3.8) is 0 Å². The normalized spacial score (nSPS) is 16.1. The van der Waals surface area contributed by atoms with E-state index in [1.54, 1.807) is 0 Å². The Kier molecular flexibility index (Phi) is 5.00. The van der Waals surface area contributed by atoms with E-state index in [1.807, 2.05) is 48.1 Å². The van der Waals surface area contributed by atoms with Gasteiger partial charge in [0.25, 0.3) is 5.91 Å². The Morgan fingerprint density at radius 2 is 1.86 bits per heavy atom. The van der Waals surface area contributed by atoms with E-state index in [0.29, 0.717) is 26.2 Å². The van der Waals surface area contributed by atoms with Crippen LogP contribution in [-0.2, 0) is 4.79 Å². The van der Waals surface area contributed by atoms with E-state index in [9.17, 15) is 9.59 Å². The van der Waals surface area contributed by atoms with E-state index in [1.165, 1.54) is 11.3 Å². The number of amides is 2. The zero-order chi connectivity index (χ0) is 15.5. The fourth-order valence-electron chi connectivity index (χ4n) is 2.58. The number of carbonyl (C=O) groups is 2. The summed E-state index contributed by atoms with van der Waals surface area (Å²) < 4.78 is 0. The Labute approximate surface area is 129 Å². The number of hydrogen-bond donors (Lipinski definition) is 1. The van der Waals surface area contributed by atoms with Crippen molar-refractivity contribution in [3.8, 4) is 0 Å². The fraction of sp³-hybridized carbons (Fsp3) is 0.600. The maximum atomic E-state index is 12.5. The second-order valence-electron chi connectivity index (χ2n) is 5.72. The van der Waals surface area contributed by atoms with Gasteiger partial charge in [-0.2, -0.15) is 0 Å². The zero-order valence-corrected chi connectivity index (χ0v) is 13.7. The topological polar surface area (TPSA) is 52.7 Å². The quantitative estimate of drug-likeness (QED) is 0.915. The van der Waals surface area contributed by atoms with E-state index >= 15 is 0 Å². The van der Waals surface area contributed by atoms with Gasteiger partial charge in [0, 0.05) is 26.2 Å². The van der Waals surface area contributed by atoms with Crippen LogP contribution in [0.3, 0.4) is 0 Å². The Morgan fingerprint density at radius 1 is 1.24 bits per heavy atom. The Hall–Kier alpha value is -1.40. The number of rotatable bonds is 4. The molecule has 0 bridgehead atoms. The summed E-state index contributed by atoms with van der Waals surface area (Å²) in [5.74, 6) is 0.176. The Bertz CT molecular complexity index is 491. The van der Waals surface area contributed by atoms with E-state index < -0.39 is 5.54 Å². The van der Waals surface area contributed by atoms with Gasteiger partial charge in [-0.1, -0.05) is 13.0 Å². The number of nitrogens with one attached hydrogen (secondary N) is 1. The summed E-state index contributed by atoms with van der Waals surface area (Å²) in [6, 6.07) is 3.73. The number of thiophene rings is 1. The SMILES string of the molecule is CCNC(C)(C)C(=O)N1CCN(C(=O)c2cccs2)CC1. The lowest BCUT2D eigenvalue weighted by Crippen LogP contribution is -2.59. The molecule has 1 aliphatic heterocycles. The van der Waals surface area contributed by atoms with Crippen molar-refractivity contribution in [2.45, 2.75) is 26.3 Å². The molecule has 2 amide bonds. The summed E-state index contributed by atoms with van der Waals surface area (Å²) in [6.45, 7) is 8.97. The molecule has 5 nitrogen and oxygen atoms in total. The monoisotopic (exact) mass is 309 g/mol. The molecule has 0 unspecified atom stereocenters. The van der Waals surface area contributed by atoms with Gasteiger partial charge in [-0.05, 0) is 31.8 Å². The van der Waals surface area contributed by atoms with Crippen molar-refractivity contribution in [1.29, 1.82) is 0 Å². The Balaban J connectivity index is 1.91. The zero-order valence-electron chi connectivity index (χ0n) is 12.9. The first-order valence-electron chi connectivity index (χ1n) is 7.33. The molecule has 2 rings (SSSR count). The van der Waals surface area contributed by atoms with Crippen LogP contribution in [0.15, 0.2) is 17.5 Å². The van der Waals surface area contributed by atoms with Gasteiger partial charge in [-0.15, -0.1) is 11.3 Å². The number of hydrogen-bond acceptors (Lipinski definition) is 4. The van der Waals surface area contributed by atoms with Crippen molar-refractivity contribution in [2.24, 2.45) is 0 Å². The van der Waals surface area contributed by atoms with Crippen LogP contribution in [0.25, 0.3) is 0 Å². The van der Waals surface area contributed by atoms with Crippen molar-refractivity contribution in [3.05, 3.63) is 22.4 Å². The van der Waals surface area contributed by atoms with Gasteiger partial charge in [0.15, 0.2) is 0 Å². The largest absolute Gasteiger partial charge is 0.338 e. The predicted octanol–water partition coefficient (Wildman–Crippen LogP) is 1.42. The first kappa shape index (κ1) is 16.0. The third-order valence-corrected chi connectivity index (χ3v) is 4.60. The number of likely N-dealkylation sites (N-methyl/N-ethyl adjacent to an activating group) is 1. The predicted molar refractivity (Wildman–Crippen MR) is 84.6 cm³/mol. The molecule has 0 spiro atoms. The number of carbonyl (C=O) groups excluding carboxylic acids is 2. The second kappa shape index (κ2) is 6.58. The third kappa shape index (κ3) is 3.63. The fourth-order valence-corrected chi connectivity index (χ4v) is 3.27. The standard InChI is InChI=1S/C15H23N3O2S/c1-4-16-15(2,3)14(20)18-9-7-17(8-10-18)13(19)12-6-5-11-21-12/h5-6,11,16H,4,7-10H2,1-3H3. The lowest BCUT2D eigenvalue weighted by molar-refractivity contribution is -0.138. The molecule has 1 N–H and O–H groups in total. The maximum Gasteiger partial charge on any atom is 0.264 e. The molecular formula is C15H23N3O2S. The van der Waals surface area contributed by atoms with Crippen LogP contribution in [0.5, 0.6) is 0 Å². The molecular weight excluding hydrogens is 286 g/mol. The highest BCUT2D eigenvalue weighted by atomic mass is 32.1. The molecule has 0 aromatic carbocycles. The lowest BCUT2D eigenvalue weighted by atomic mass is 10.0. The first-order chi connectivity index (χ1) is 9.95. The minimum atomic E-state index is -0.547. The number of nitrogens with zero attached hydrogens (tertiary/aromatic N) is 2. The van der Waals surface area contributed by atoms with Crippen LogP contribution in [0.4, 0.5) is 0 Å². The summed E-state index contributed by atoms with van der Waals surface area (Å²) in [4.78, 5) is 29.2. The lowest BCUT2D eigenvalue weighted by Gasteiger charge is -2.38. The summed E-state index contributed by atoms with van der Waals surface area (Å²) >= 11 is 1.46. The van der Waals surface area contributed by atoms with Crippen molar-refractivity contribution >= 4 is 23.2 Å². The molecule has 2 heterocycles. The molecule has 1 aromatic rings. The minimum absolute atomic E-state index is 0.0723. The van der Waals surface area contributed by atoms with Crippen LogP contribution in [0.1, 0.15) is 30.4 Å². The highest BCUT2D eigenvalue weighted by molar-refractivity contribution is 7.12. The molecule has 1 aromatic heterocycles. The maximum absolute atomic E-state index is 12.5. The van der Waals surface area contributed by atoms with Crippen LogP contribution >= 0.6 is 11.3 Å². The van der Waals surface area contributed by atoms with E-state index in [4.69, 9.17) is 0 Å². The van der Waals surface area contributed by atoms with Crippen LogP contribution < -0.4 is 5.32 Å².